The van der Waals surface area contributed by atoms with Gasteiger partial charge in [-0.15, -0.1) is 0 Å². The van der Waals surface area contributed by atoms with E-state index in [2.05, 4.69) is 25.1 Å². The zero-order valence-corrected chi connectivity index (χ0v) is 19.1. The molecule has 0 heterocycles. The number of nitrogens with one attached hydrogen (secondary N) is 3. The fraction of sp³-hybridized carbons (Fsp3) is 0.474. The molecule has 0 aliphatic heterocycles. The zero-order valence-electron chi connectivity index (χ0n) is 18.3. The van der Waals surface area contributed by atoms with Gasteiger partial charge in [-0.1, -0.05) is 12.1 Å². The summed E-state index contributed by atoms with van der Waals surface area (Å²) in [4.78, 5) is 41.7. The van der Waals surface area contributed by atoms with Gasteiger partial charge < -0.3 is 15.0 Å². The van der Waals surface area contributed by atoms with Crippen LogP contribution in [-0.4, -0.2) is 84.2 Å². The molecule has 0 saturated heterocycles. The van der Waals surface area contributed by atoms with Crippen LogP contribution < -0.4 is 15.4 Å². The van der Waals surface area contributed by atoms with Gasteiger partial charge in [-0.05, 0) is 24.1 Å². The van der Waals surface area contributed by atoms with Crippen LogP contribution in [0.4, 0.5) is 0 Å². The second-order valence-electron chi connectivity index (χ2n) is 6.86. The molecule has 0 bridgehead atoms. The summed E-state index contributed by atoms with van der Waals surface area (Å²) >= 11 is 0. The molecular weight excluding hydrogens is 426 g/mol. The molecular formula is C19H29N5O6S. The third-order valence-corrected chi connectivity index (χ3v) is 4.76. The molecule has 0 saturated carbocycles. The first-order chi connectivity index (χ1) is 14.5. The standard InChI is InChI=1S/C19H29N5O6S/c1-20-19(24(2)3)22-16(25)11-8-13-6-9-14(10-7-13)17(26)21-12-15(18(27)30-4)23-31(5,28)29/h6-7,9-10,15,23H,8,11-12H2,1-5H3,(H,21,26)(H,20,22,25). The Morgan fingerprint density at radius 1 is 1.16 bits per heavy atom. The Morgan fingerprint density at radius 3 is 2.26 bits per heavy atom. The van der Waals surface area contributed by atoms with Crippen molar-refractivity contribution >= 4 is 33.8 Å². The molecule has 31 heavy (non-hydrogen) atoms. The second kappa shape index (κ2) is 12.0. The van der Waals surface area contributed by atoms with Gasteiger partial charge in [0.2, 0.25) is 15.9 Å². The lowest BCUT2D eigenvalue weighted by molar-refractivity contribution is -0.142. The molecule has 2 amide bonds. The quantitative estimate of drug-likeness (QED) is 0.248. The molecule has 1 aromatic carbocycles. The summed E-state index contributed by atoms with van der Waals surface area (Å²) < 4.78 is 29.4. The lowest BCUT2D eigenvalue weighted by Crippen LogP contribution is -2.48. The van der Waals surface area contributed by atoms with Crippen molar-refractivity contribution in [2.75, 3.05) is 41.1 Å². The van der Waals surface area contributed by atoms with E-state index in [0.29, 0.717) is 17.9 Å². The van der Waals surface area contributed by atoms with Crippen LogP contribution in [0.3, 0.4) is 0 Å². The van der Waals surface area contributed by atoms with E-state index in [1.54, 1.807) is 50.3 Å². The van der Waals surface area contributed by atoms with E-state index in [4.69, 9.17) is 0 Å². The SMILES string of the molecule is CN=C(NC(=O)CCc1ccc(C(=O)NCC(NS(C)(=O)=O)C(=O)OC)cc1)N(C)C. The molecule has 1 atom stereocenters. The number of hydrogen-bond acceptors (Lipinski definition) is 7. The number of hydrogen-bond donors (Lipinski definition) is 3. The van der Waals surface area contributed by atoms with E-state index in [1.165, 1.54) is 0 Å². The average Bonchev–Trinajstić information content (AvgIpc) is 2.71. The molecule has 1 rings (SSSR count). The number of carbonyl (C=O) groups is 3. The van der Waals surface area contributed by atoms with Crippen LogP contribution >= 0.6 is 0 Å². The Bertz CT molecular complexity index is 912. The third-order valence-electron chi connectivity index (χ3n) is 4.05. The maximum atomic E-state index is 12.3. The van der Waals surface area contributed by atoms with Crippen molar-refractivity contribution in [3.05, 3.63) is 35.4 Å². The normalized spacial score (nSPS) is 12.6. The zero-order chi connectivity index (χ0) is 23.6. The van der Waals surface area contributed by atoms with Gasteiger partial charge in [0, 0.05) is 39.7 Å². The fourth-order valence-corrected chi connectivity index (χ4v) is 3.20. The molecule has 0 spiro atoms. The number of nitrogens with zero attached hydrogens (tertiary/aromatic N) is 2. The molecule has 3 N–H and O–H groups in total. The number of benzene rings is 1. The highest BCUT2D eigenvalue weighted by Crippen LogP contribution is 2.07. The minimum absolute atomic E-state index is 0.177. The summed E-state index contributed by atoms with van der Waals surface area (Å²) in [5.74, 6) is -1.01. The maximum absolute atomic E-state index is 12.3. The average molecular weight is 456 g/mol. The molecule has 1 unspecified atom stereocenters. The number of rotatable bonds is 9. The number of aryl methyl sites for hydroxylation is 1. The van der Waals surface area contributed by atoms with Gasteiger partial charge in [0.05, 0.1) is 13.4 Å². The van der Waals surface area contributed by atoms with Crippen LogP contribution in [0.25, 0.3) is 0 Å². The Kier molecular flexibility index (Phi) is 10.1. The lowest BCUT2D eigenvalue weighted by atomic mass is 10.1. The van der Waals surface area contributed by atoms with Crippen molar-refractivity contribution < 1.29 is 27.5 Å². The predicted octanol–water partition coefficient (Wildman–Crippen LogP) is -0.897. The van der Waals surface area contributed by atoms with Gasteiger partial charge in [0.1, 0.15) is 6.04 Å². The number of aliphatic imine (C=N–C) groups is 1. The highest BCUT2D eigenvalue weighted by Gasteiger charge is 2.23. The van der Waals surface area contributed by atoms with Gasteiger partial charge in [0.15, 0.2) is 5.96 Å². The van der Waals surface area contributed by atoms with E-state index in [1.807, 2.05) is 0 Å². The van der Waals surface area contributed by atoms with Crippen LogP contribution in [0.1, 0.15) is 22.3 Å². The largest absolute Gasteiger partial charge is 0.468 e. The topological polar surface area (TPSA) is 146 Å². The molecule has 0 radical (unpaired) electrons. The van der Waals surface area contributed by atoms with Crippen molar-refractivity contribution in [3.8, 4) is 0 Å². The minimum atomic E-state index is -3.67. The van der Waals surface area contributed by atoms with Crippen LogP contribution in [0.5, 0.6) is 0 Å². The van der Waals surface area contributed by atoms with E-state index in [-0.39, 0.29) is 18.9 Å². The first-order valence-corrected chi connectivity index (χ1v) is 11.2. The minimum Gasteiger partial charge on any atom is -0.468 e. The first kappa shape index (κ1) is 26.0. The molecule has 0 aliphatic carbocycles. The number of sulfonamides is 1. The Hall–Kier alpha value is -2.99. The van der Waals surface area contributed by atoms with E-state index < -0.39 is 27.9 Å². The number of methoxy groups -OCH3 is 1. The van der Waals surface area contributed by atoms with E-state index in [0.717, 1.165) is 18.9 Å². The van der Waals surface area contributed by atoms with Crippen molar-refractivity contribution in [3.63, 3.8) is 0 Å². The molecule has 0 fully saturated rings. The summed E-state index contributed by atoms with van der Waals surface area (Å²) in [6.45, 7) is -0.270. The number of guanidine groups is 1. The summed E-state index contributed by atoms with van der Waals surface area (Å²) in [6, 6.07) is 5.36. The molecule has 11 nitrogen and oxygen atoms in total. The number of ether oxygens (including phenoxy) is 1. The third kappa shape index (κ3) is 9.57. The number of amides is 2. The van der Waals surface area contributed by atoms with Crippen molar-refractivity contribution in [2.24, 2.45) is 4.99 Å². The molecule has 0 aromatic heterocycles. The predicted molar refractivity (Wildman–Crippen MR) is 116 cm³/mol. The number of carbonyl (C=O) groups excluding carboxylic acids is 3. The lowest BCUT2D eigenvalue weighted by Gasteiger charge is -2.16. The first-order valence-electron chi connectivity index (χ1n) is 9.33. The Balaban J connectivity index is 2.63. The van der Waals surface area contributed by atoms with Crippen LogP contribution in [0, 0.1) is 0 Å². The van der Waals surface area contributed by atoms with Crippen LogP contribution in [-0.2, 0) is 30.8 Å². The van der Waals surface area contributed by atoms with Crippen molar-refractivity contribution in [2.45, 2.75) is 18.9 Å². The summed E-state index contributed by atoms with van der Waals surface area (Å²) in [5, 5.41) is 5.21. The Labute approximate surface area is 182 Å². The Morgan fingerprint density at radius 2 is 1.77 bits per heavy atom. The smallest absolute Gasteiger partial charge is 0.325 e. The van der Waals surface area contributed by atoms with Gasteiger partial charge >= 0.3 is 5.97 Å². The molecule has 172 valence electrons. The van der Waals surface area contributed by atoms with Crippen molar-refractivity contribution in [1.82, 2.24) is 20.3 Å². The highest BCUT2D eigenvalue weighted by atomic mass is 32.2. The summed E-state index contributed by atoms with van der Waals surface area (Å²) in [6.07, 6.45) is 1.62. The molecule has 1 aromatic rings. The van der Waals surface area contributed by atoms with E-state index in [9.17, 15) is 22.8 Å². The number of esters is 1. The maximum Gasteiger partial charge on any atom is 0.325 e. The van der Waals surface area contributed by atoms with Gasteiger partial charge in [0.25, 0.3) is 5.91 Å². The second-order valence-corrected chi connectivity index (χ2v) is 8.64. The van der Waals surface area contributed by atoms with E-state index >= 15 is 0 Å². The van der Waals surface area contributed by atoms with Gasteiger partial charge in [-0.25, -0.2) is 8.42 Å². The van der Waals surface area contributed by atoms with Gasteiger partial charge in [-0.2, -0.15) is 4.72 Å². The van der Waals surface area contributed by atoms with Crippen LogP contribution in [0.15, 0.2) is 29.3 Å². The monoisotopic (exact) mass is 455 g/mol. The fourth-order valence-electron chi connectivity index (χ4n) is 2.51. The van der Waals surface area contributed by atoms with Crippen LogP contribution in [0.2, 0.25) is 0 Å². The molecule has 0 aliphatic rings. The summed E-state index contributed by atoms with van der Waals surface area (Å²) in [5.41, 5.74) is 1.18. The van der Waals surface area contributed by atoms with Gasteiger partial charge in [-0.3, -0.25) is 24.7 Å². The summed E-state index contributed by atoms with van der Waals surface area (Å²) in [7, 11) is 2.59. The molecule has 12 heteroatoms. The van der Waals surface area contributed by atoms with Crippen molar-refractivity contribution in [1.29, 1.82) is 0 Å². The highest BCUT2D eigenvalue weighted by molar-refractivity contribution is 7.88.